The van der Waals surface area contributed by atoms with E-state index in [0.29, 0.717) is 5.56 Å². The molecule has 1 aromatic heterocycles. The summed E-state index contributed by atoms with van der Waals surface area (Å²) in [4.78, 5) is 17.2. The lowest BCUT2D eigenvalue weighted by Crippen LogP contribution is -2.33. The van der Waals surface area contributed by atoms with E-state index < -0.39 is 0 Å². The summed E-state index contributed by atoms with van der Waals surface area (Å²) in [6.45, 7) is 7.70. The Hall–Kier alpha value is -2.43. The van der Waals surface area contributed by atoms with E-state index in [1.807, 2.05) is 35.6 Å². The Morgan fingerprint density at radius 2 is 1.68 bits per heavy atom. The van der Waals surface area contributed by atoms with Gasteiger partial charge in [0, 0.05) is 27.3 Å². The van der Waals surface area contributed by atoms with Crippen molar-refractivity contribution in [2.45, 2.75) is 45.1 Å². The second-order valence-electron chi connectivity index (χ2n) is 9.21. The van der Waals surface area contributed by atoms with Gasteiger partial charge in [-0.3, -0.25) is 9.69 Å². The Labute approximate surface area is 189 Å². The Bertz CT molecular complexity index is 1020. The van der Waals surface area contributed by atoms with Gasteiger partial charge in [-0.1, -0.05) is 62.4 Å². The van der Waals surface area contributed by atoms with Gasteiger partial charge in [0.25, 0.3) is 0 Å². The molecule has 3 aromatic rings. The van der Waals surface area contributed by atoms with Crippen molar-refractivity contribution in [2.24, 2.45) is 11.7 Å². The first-order valence-corrected chi connectivity index (χ1v) is 12.0. The lowest BCUT2D eigenvalue weighted by atomic mass is 9.80. The number of amides is 1. The number of nitrogens with two attached hydrogens (primary N) is 1. The average molecular weight is 433 g/mol. The van der Waals surface area contributed by atoms with Crippen LogP contribution in [0, 0.1) is 5.92 Å². The third-order valence-corrected chi connectivity index (χ3v) is 7.99. The van der Waals surface area contributed by atoms with E-state index in [4.69, 9.17) is 5.73 Å². The summed E-state index contributed by atoms with van der Waals surface area (Å²) < 4.78 is 0. The van der Waals surface area contributed by atoms with Crippen LogP contribution in [-0.4, -0.2) is 23.9 Å². The summed E-state index contributed by atoms with van der Waals surface area (Å²) in [5.41, 5.74) is 8.46. The van der Waals surface area contributed by atoms with E-state index in [2.05, 4.69) is 61.2 Å². The number of thiophene rings is 1. The number of hydrogen-bond acceptors (Lipinski definition) is 3. The molecule has 31 heavy (non-hydrogen) atoms. The van der Waals surface area contributed by atoms with Crippen molar-refractivity contribution in [1.82, 2.24) is 4.90 Å². The quantitative estimate of drug-likeness (QED) is 0.526. The fourth-order valence-corrected chi connectivity index (χ4v) is 5.86. The molecule has 0 bridgehead atoms. The molecule has 2 heterocycles. The molecule has 2 N–H and O–H groups in total. The van der Waals surface area contributed by atoms with E-state index in [1.165, 1.54) is 47.7 Å². The number of rotatable bonds is 7. The number of hydrogen-bond donors (Lipinski definition) is 1. The topological polar surface area (TPSA) is 46.3 Å². The highest BCUT2D eigenvalue weighted by atomic mass is 32.1. The minimum absolute atomic E-state index is 0.253. The van der Waals surface area contributed by atoms with Gasteiger partial charge < -0.3 is 5.73 Å². The zero-order valence-corrected chi connectivity index (χ0v) is 19.3. The second kappa shape index (κ2) is 9.37. The molecule has 0 aliphatic carbocycles. The molecule has 162 valence electrons. The van der Waals surface area contributed by atoms with Gasteiger partial charge in [0.2, 0.25) is 5.91 Å². The van der Waals surface area contributed by atoms with Crippen LogP contribution in [-0.2, 0) is 18.4 Å². The molecule has 2 aromatic carbocycles. The number of carbonyl (C=O) groups is 1. The van der Waals surface area contributed by atoms with E-state index >= 15 is 0 Å². The minimum Gasteiger partial charge on any atom is -0.366 e. The van der Waals surface area contributed by atoms with Crippen LogP contribution in [0.1, 0.15) is 57.9 Å². The highest BCUT2D eigenvalue weighted by Crippen LogP contribution is 2.38. The largest absolute Gasteiger partial charge is 0.366 e. The summed E-state index contributed by atoms with van der Waals surface area (Å²) in [6.07, 6.45) is 3.74. The SMILES string of the molecule is CC(C)(c1ccc(CN2CCC(Cc3ccccc3)CC2)s1)c1ccccc1C(N)=O. The summed E-state index contributed by atoms with van der Waals surface area (Å²) in [6, 6.07) is 23.1. The molecule has 3 nitrogen and oxygen atoms in total. The van der Waals surface area contributed by atoms with Crippen molar-refractivity contribution in [1.29, 1.82) is 0 Å². The Kier molecular flexibility index (Phi) is 6.59. The maximum Gasteiger partial charge on any atom is 0.249 e. The standard InChI is InChI=1S/C27H32N2OS/c1-27(2,24-11-7-6-10-23(24)26(28)30)25-13-12-22(31-25)19-29-16-14-21(15-17-29)18-20-8-4-3-5-9-20/h3-13,21H,14-19H2,1-2H3,(H2,28,30). The highest BCUT2D eigenvalue weighted by molar-refractivity contribution is 7.12. The van der Waals surface area contributed by atoms with Crippen molar-refractivity contribution in [3.05, 3.63) is 93.2 Å². The van der Waals surface area contributed by atoms with Gasteiger partial charge in [-0.05, 0) is 67.6 Å². The third-order valence-electron chi connectivity index (χ3n) is 6.60. The number of piperidine rings is 1. The first-order chi connectivity index (χ1) is 14.9. The molecule has 1 aliphatic rings. The monoisotopic (exact) mass is 432 g/mol. The summed E-state index contributed by atoms with van der Waals surface area (Å²) in [7, 11) is 0. The molecule has 1 saturated heterocycles. The number of carbonyl (C=O) groups excluding carboxylic acids is 1. The molecule has 0 radical (unpaired) electrons. The molecule has 1 aliphatic heterocycles. The van der Waals surface area contributed by atoms with Gasteiger partial charge in [0.15, 0.2) is 0 Å². The van der Waals surface area contributed by atoms with Crippen LogP contribution in [0.4, 0.5) is 0 Å². The van der Waals surface area contributed by atoms with E-state index in [-0.39, 0.29) is 11.3 Å². The van der Waals surface area contributed by atoms with Gasteiger partial charge in [-0.2, -0.15) is 0 Å². The predicted octanol–water partition coefficient (Wildman–Crippen LogP) is 5.63. The van der Waals surface area contributed by atoms with Crippen molar-refractivity contribution in [3.63, 3.8) is 0 Å². The predicted molar refractivity (Wildman–Crippen MR) is 130 cm³/mol. The molecule has 1 fully saturated rings. The van der Waals surface area contributed by atoms with Crippen molar-refractivity contribution >= 4 is 17.2 Å². The van der Waals surface area contributed by atoms with Gasteiger partial charge in [0.1, 0.15) is 0 Å². The molecular weight excluding hydrogens is 400 g/mol. The zero-order chi connectivity index (χ0) is 21.8. The highest BCUT2D eigenvalue weighted by Gasteiger charge is 2.29. The lowest BCUT2D eigenvalue weighted by molar-refractivity contribution is 0.0998. The molecular formula is C27H32N2OS. The average Bonchev–Trinajstić information content (AvgIpc) is 3.25. The smallest absolute Gasteiger partial charge is 0.249 e. The summed E-state index contributed by atoms with van der Waals surface area (Å²) >= 11 is 1.86. The molecule has 4 heteroatoms. The zero-order valence-electron chi connectivity index (χ0n) is 18.5. The normalized spacial score (nSPS) is 15.8. The van der Waals surface area contributed by atoms with Crippen LogP contribution in [0.2, 0.25) is 0 Å². The van der Waals surface area contributed by atoms with E-state index in [1.54, 1.807) is 0 Å². The van der Waals surface area contributed by atoms with E-state index in [0.717, 1.165) is 18.0 Å². The number of primary amides is 1. The van der Waals surface area contributed by atoms with Crippen molar-refractivity contribution in [3.8, 4) is 0 Å². The van der Waals surface area contributed by atoms with Gasteiger partial charge >= 0.3 is 0 Å². The van der Waals surface area contributed by atoms with Gasteiger partial charge in [0.05, 0.1) is 0 Å². The van der Waals surface area contributed by atoms with Crippen molar-refractivity contribution in [2.75, 3.05) is 13.1 Å². The summed E-state index contributed by atoms with van der Waals surface area (Å²) in [5.74, 6) is 0.431. The Balaban J connectivity index is 1.38. The van der Waals surface area contributed by atoms with E-state index in [9.17, 15) is 4.79 Å². The molecule has 0 saturated carbocycles. The van der Waals surface area contributed by atoms with Crippen LogP contribution >= 0.6 is 11.3 Å². The maximum atomic E-state index is 11.9. The first kappa shape index (κ1) is 21.8. The lowest BCUT2D eigenvalue weighted by Gasteiger charge is -2.31. The van der Waals surface area contributed by atoms with Crippen molar-refractivity contribution < 1.29 is 4.79 Å². The molecule has 4 rings (SSSR count). The van der Waals surface area contributed by atoms with Crippen LogP contribution in [0.15, 0.2) is 66.7 Å². The first-order valence-electron chi connectivity index (χ1n) is 11.2. The molecule has 1 amide bonds. The van der Waals surface area contributed by atoms with Gasteiger partial charge in [-0.15, -0.1) is 11.3 Å². The van der Waals surface area contributed by atoms with Crippen LogP contribution < -0.4 is 5.73 Å². The molecule has 0 spiro atoms. The fourth-order valence-electron chi connectivity index (χ4n) is 4.69. The van der Waals surface area contributed by atoms with Crippen LogP contribution in [0.5, 0.6) is 0 Å². The molecule has 0 unspecified atom stereocenters. The summed E-state index contributed by atoms with van der Waals surface area (Å²) in [5, 5.41) is 0. The third kappa shape index (κ3) is 5.08. The van der Waals surface area contributed by atoms with Crippen LogP contribution in [0.3, 0.4) is 0 Å². The Morgan fingerprint density at radius 3 is 2.39 bits per heavy atom. The maximum absolute atomic E-state index is 11.9. The van der Waals surface area contributed by atoms with Crippen LogP contribution in [0.25, 0.3) is 0 Å². The number of nitrogens with zero attached hydrogens (tertiary/aromatic N) is 1. The minimum atomic E-state index is -0.362. The second-order valence-corrected chi connectivity index (χ2v) is 10.4. The Morgan fingerprint density at radius 1 is 1.00 bits per heavy atom. The van der Waals surface area contributed by atoms with Gasteiger partial charge in [-0.25, -0.2) is 0 Å². The fraction of sp³-hybridized carbons (Fsp3) is 0.370. The molecule has 0 atom stereocenters. The number of benzene rings is 2. The number of likely N-dealkylation sites (tertiary alicyclic amines) is 1.